The van der Waals surface area contributed by atoms with Crippen LogP contribution in [0.4, 0.5) is 4.39 Å². The molecule has 0 amide bonds. The average molecular weight is 236 g/mol. The van der Waals surface area contributed by atoms with Crippen LogP contribution >= 0.6 is 12.4 Å². The zero-order valence-electron chi connectivity index (χ0n) is 9.08. The number of rotatable bonds is 7. The second-order valence-corrected chi connectivity index (χ2v) is 3.29. The molecule has 0 spiro atoms. The first-order valence-corrected chi connectivity index (χ1v) is 5.16. The predicted octanol–water partition coefficient (Wildman–Crippen LogP) is 2.16. The van der Waals surface area contributed by atoms with Crippen LogP contribution in [0.2, 0.25) is 0 Å². The molecule has 0 aliphatic heterocycles. The molecule has 1 heterocycles. The Kier molecular flexibility index (Phi) is 8.33. The smallest absolute Gasteiger partial charge is 0.109 e. The number of halogens is 2. The van der Waals surface area contributed by atoms with Gasteiger partial charge >= 0.3 is 0 Å². The summed E-state index contributed by atoms with van der Waals surface area (Å²) in [7, 11) is 0. The molecule has 1 aromatic rings. The van der Waals surface area contributed by atoms with E-state index < -0.39 is 0 Å². The second kappa shape index (κ2) is 8.68. The molecule has 5 heteroatoms. The van der Waals surface area contributed by atoms with Gasteiger partial charge in [-0.1, -0.05) is 13.3 Å². The van der Waals surface area contributed by atoms with Crippen molar-refractivity contribution in [3.8, 4) is 0 Å². The van der Waals surface area contributed by atoms with Gasteiger partial charge in [0.05, 0.1) is 12.2 Å². The Bertz CT molecular complexity index is 253. The minimum atomic E-state index is -0.357. The van der Waals surface area contributed by atoms with Crippen LogP contribution in [-0.4, -0.2) is 23.0 Å². The molecule has 3 nitrogen and oxygen atoms in total. The van der Waals surface area contributed by atoms with Gasteiger partial charge in [-0.15, -0.1) is 12.4 Å². The van der Waals surface area contributed by atoms with Crippen LogP contribution in [0.25, 0.3) is 0 Å². The van der Waals surface area contributed by atoms with Crippen LogP contribution in [0.3, 0.4) is 0 Å². The normalized spacial score (nSPS) is 10.0. The molecule has 0 saturated heterocycles. The van der Waals surface area contributed by atoms with Gasteiger partial charge in [-0.25, -0.2) is 4.39 Å². The van der Waals surface area contributed by atoms with Crippen molar-refractivity contribution in [2.24, 2.45) is 0 Å². The molecule has 88 valence electrons. The fourth-order valence-corrected chi connectivity index (χ4v) is 1.23. The lowest BCUT2D eigenvalue weighted by atomic mass is 10.3. The number of aromatic nitrogens is 2. The number of alkyl halides is 1. The Morgan fingerprint density at radius 1 is 1.53 bits per heavy atom. The van der Waals surface area contributed by atoms with Crippen LogP contribution in [0.1, 0.15) is 25.5 Å². The third kappa shape index (κ3) is 5.74. The molecule has 0 aliphatic carbocycles. The SMILES string of the molecule is CCCCNCc1ccn(CCF)n1.Cl. The monoisotopic (exact) mass is 235 g/mol. The summed E-state index contributed by atoms with van der Waals surface area (Å²) >= 11 is 0. The van der Waals surface area contributed by atoms with E-state index in [0.717, 1.165) is 18.8 Å². The van der Waals surface area contributed by atoms with Gasteiger partial charge in [0.25, 0.3) is 0 Å². The Morgan fingerprint density at radius 3 is 3.00 bits per heavy atom. The van der Waals surface area contributed by atoms with Gasteiger partial charge in [0.15, 0.2) is 0 Å². The van der Waals surface area contributed by atoms with Gasteiger partial charge in [0.1, 0.15) is 6.67 Å². The lowest BCUT2D eigenvalue weighted by Gasteiger charge is -2.00. The third-order valence-corrected chi connectivity index (χ3v) is 2.02. The van der Waals surface area contributed by atoms with E-state index in [1.54, 1.807) is 4.68 Å². The summed E-state index contributed by atoms with van der Waals surface area (Å²) < 4.78 is 13.6. The molecule has 0 bridgehead atoms. The molecule has 0 radical (unpaired) electrons. The van der Waals surface area contributed by atoms with Crippen molar-refractivity contribution in [3.05, 3.63) is 18.0 Å². The fraction of sp³-hybridized carbons (Fsp3) is 0.700. The number of hydrogen-bond donors (Lipinski definition) is 1. The first kappa shape index (κ1) is 14.4. The number of unbranched alkanes of at least 4 members (excludes halogenated alkanes) is 1. The van der Waals surface area contributed by atoms with Gasteiger partial charge in [-0.2, -0.15) is 5.10 Å². The van der Waals surface area contributed by atoms with Crippen molar-refractivity contribution < 1.29 is 4.39 Å². The van der Waals surface area contributed by atoms with Gasteiger partial charge in [-0.3, -0.25) is 4.68 Å². The summed E-state index contributed by atoms with van der Waals surface area (Å²) in [5.74, 6) is 0. The van der Waals surface area contributed by atoms with Crippen molar-refractivity contribution in [2.75, 3.05) is 13.2 Å². The van der Waals surface area contributed by atoms with Crippen LogP contribution in [0.5, 0.6) is 0 Å². The summed E-state index contributed by atoms with van der Waals surface area (Å²) in [6.07, 6.45) is 4.20. The van der Waals surface area contributed by atoms with Crippen LogP contribution in [-0.2, 0) is 13.1 Å². The van der Waals surface area contributed by atoms with E-state index in [2.05, 4.69) is 17.3 Å². The van der Waals surface area contributed by atoms with Gasteiger partial charge in [-0.05, 0) is 19.0 Å². The molecule has 0 saturated carbocycles. The molecular weight excluding hydrogens is 217 g/mol. The standard InChI is InChI=1S/C10H18FN3.ClH/c1-2-3-6-12-9-10-4-7-14(13-10)8-5-11;/h4,7,12H,2-3,5-6,8-9H2,1H3;1H. The summed E-state index contributed by atoms with van der Waals surface area (Å²) in [5.41, 5.74) is 0.981. The predicted molar refractivity (Wildman–Crippen MR) is 62.1 cm³/mol. The molecule has 1 aromatic heterocycles. The second-order valence-electron chi connectivity index (χ2n) is 3.29. The zero-order valence-corrected chi connectivity index (χ0v) is 9.89. The molecule has 0 aliphatic rings. The number of hydrogen-bond acceptors (Lipinski definition) is 2. The van der Waals surface area contributed by atoms with E-state index in [4.69, 9.17) is 0 Å². The van der Waals surface area contributed by atoms with Crippen molar-refractivity contribution in [3.63, 3.8) is 0 Å². The van der Waals surface area contributed by atoms with Gasteiger partial charge in [0, 0.05) is 12.7 Å². The third-order valence-electron chi connectivity index (χ3n) is 2.02. The Hall–Kier alpha value is -0.610. The average Bonchev–Trinajstić information content (AvgIpc) is 2.61. The number of aryl methyl sites for hydroxylation is 1. The summed E-state index contributed by atoms with van der Waals surface area (Å²) in [6.45, 7) is 3.96. The summed E-state index contributed by atoms with van der Waals surface area (Å²) in [5, 5.41) is 7.50. The number of nitrogens with zero attached hydrogens (tertiary/aromatic N) is 2. The quantitative estimate of drug-likeness (QED) is 0.735. The highest BCUT2D eigenvalue weighted by Gasteiger charge is 1.97. The fourth-order valence-electron chi connectivity index (χ4n) is 1.23. The van der Waals surface area contributed by atoms with E-state index in [1.807, 2.05) is 12.3 Å². The van der Waals surface area contributed by atoms with E-state index >= 15 is 0 Å². The molecule has 0 atom stereocenters. The maximum Gasteiger partial charge on any atom is 0.109 e. The maximum atomic E-state index is 12.0. The van der Waals surface area contributed by atoms with Crippen LogP contribution in [0.15, 0.2) is 12.3 Å². The zero-order chi connectivity index (χ0) is 10.2. The maximum absolute atomic E-state index is 12.0. The molecule has 15 heavy (non-hydrogen) atoms. The van der Waals surface area contributed by atoms with E-state index in [-0.39, 0.29) is 19.1 Å². The van der Waals surface area contributed by atoms with Crippen molar-refractivity contribution in [2.45, 2.75) is 32.9 Å². The minimum Gasteiger partial charge on any atom is -0.311 e. The lowest BCUT2D eigenvalue weighted by Crippen LogP contribution is -2.15. The van der Waals surface area contributed by atoms with Crippen molar-refractivity contribution >= 4 is 12.4 Å². The van der Waals surface area contributed by atoms with E-state index in [0.29, 0.717) is 6.54 Å². The lowest BCUT2D eigenvalue weighted by molar-refractivity contribution is 0.425. The minimum absolute atomic E-state index is 0. The highest BCUT2D eigenvalue weighted by molar-refractivity contribution is 5.85. The Labute approximate surface area is 96.5 Å². The summed E-state index contributed by atoms with van der Waals surface area (Å²) in [4.78, 5) is 0. The Morgan fingerprint density at radius 2 is 2.33 bits per heavy atom. The first-order chi connectivity index (χ1) is 6.86. The van der Waals surface area contributed by atoms with Gasteiger partial charge in [0.2, 0.25) is 0 Å². The molecule has 0 unspecified atom stereocenters. The molecule has 0 fully saturated rings. The van der Waals surface area contributed by atoms with Crippen LogP contribution < -0.4 is 5.32 Å². The topological polar surface area (TPSA) is 29.9 Å². The number of nitrogens with one attached hydrogen (secondary N) is 1. The molecule has 0 aromatic carbocycles. The molecular formula is C10H19ClFN3. The highest BCUT2D eigenvalue weighted by atomic mass is 35.5. The first-order valence-electron chi connectivity index (χ1n) is 5.16. The largest absolute Gasteiger partial charge is 0.311 e. The van der Waals surface area contributed by atoms with Crippen LogP contribution in [0, 0.1) is 0 Å². The van der Waals surface area contributed by atoms with Crippen molar-refractivity contribution in [1.82, 2.24) is 15.1 Å². The van der Waals surface area contributed by atoms with Crippen molar-refractivity contribution in [1.29, 1.82) is 0 Å². The molecule has 1 N–H and O–H groups in total. The summed E-state index contributed by atoms with van der Waals surface area (Å²) in [6, 6.07) is 1.93. The molecule has 1 rings (SSSR count). The van der Waals surface area contributed by atoms with Gasteiger partial charge < -0.3 is 5.32 Å². The highest BCUT2D eigenvalue weighted by Crippen LogP contribution is 1.95. The van der Waals surface area contributed by atoms with E-state index in [1.165, 1.54) is 12.8 Å². The van der Waals surface area contributed by atoms with E-state index in [9.17, 15) is 4.39 Å². The Balaban J connectivity index is 0.00000196.